The topological polar surface area (TPSA) is 0 Å². The molecule has 0 atom stereocenters. The first-order valence-corrected chi connectivity index (χ1v) is 21.5. The van der Waals surface area contributed by atoms with Crippen molar-refractivity contribution in [3.8, 4) is 33.4 Å². The largest absolute Gasteiger partial charge is 0.135 e. The van der Waals surface area contributed by atoms with E-state index in [2.05, 4.69) is 194 Å². The molecule has 0 nitrogen and oxygen atoms in total. The van der Waals surface area contributed by atoms with Crippen LogP contribution in [-0.2, 0) is 0 Å². The van der Waals surface area contributed by atoms with Crippen LogP contribution in [0.2, 0.25) is 0 Å². The minimum absolute atomic E-state index is 1.24. The van der Waals surface area contributed by atoms with Crippen molar-refractivity contribution >= 4 is 117 Å². The highest BCUT2D eigenvalue weighted by Crippen LogP contribution is 2.46. The number of thiophene rings is 2. The zero-order chi connectivity index (χ0) is 37.9. The lowest BCUT2D eigenvalue weighted by Crippen LogP contribution is -1.91. The van der Waals surface area contributed by atoms with Gasteiger partial charge in [0.1, 0.15) is 0 Å². The fourth-order valence-electron chi connectivity index (χ4n) is 9.59. The summed E-state index contributed by atoms with van der Waals surface area (Å²) in [6.07, 6.45) is 0. The molecule has 58 heavy (non-hydrogen) atoms. The normalized spacial score (nSPS) is 12.1. The standard InChI is InChI=1S/C56H32S2/c1-2-10-34-26-40(23-17-33(34)9-1)55-44-12-3-5-14-46(44)56(47-15-6-4-13-45(47)55)41-24-22-36-25-35(18-19-37(36)27-41)38-20-21-39-30-52-48(29-42(39)28-38)50-32-53-49(31-54(50)58-52)43-11-7-8-16-51(43)57-53/h1-32H. The molecule has 13 rings (SSSR count). The Morgan fingerprint density at radius 2 is 0.586 bits per heavy atom. The molecule has 0 fully saturated rings. The molecule has 2 heteroatoms. The molecule has 11 aromatic carbocycles. The highest BCUT2D eigenvalue weighted by molar-refractivity contribution is 7.27. The van der Waals surface area contributed by atoms with Gasteiger partial charge in [-0.15, -0.1) is 22.7 Å². The molecule has 2 aromatic heterocycles. The van der Waals surface area contributed by atoms with Gasteiger partial charge in [-0.2, -0.15) is 0 Å². The van der Waals surface area contributed by atoms with Gasteiger partial charge < -0.3 is 0 Å². The van der Waals surface area contributed by atoms with Crippen molar-refractivity contribution in [3.63, 3.8) is 0 Å². The molecule has 0 unspecified atom stereocenters. The van der Waals surface area contributed by atoms with E-state index in [4.69, 9.17) is 0 Å². The summed E-state index contributed by atoms with van der Waals surface area (Å²) in [7, 11) is 0. The summed E-state index contributed by atoms with van der Waals surface area (Å²) >= 11 is 3.81. The number of benzene rings is 11. The number of hydrogen-bond acceptors (Lipinski definition) is 2. The van der Waals surface area contributed by atoms with Crippen molar-refractivity contribution in [2.75, 3.05) is 0 Å². The molecule has 0 aliphatic heterocycles. The van der Waals surface area contributed by atoms with Gasteiger partial charge >= 0.3 is 0 Å². The molecule has 0 saturated carbocycles. The van der Waals surface area contributed by atoms with Gasteiger partial charge in [0.15, 0.2) is 0 Å². The third-order valence-electron chi connectivity index (χ3n) is 12.4. The van der Waals surface area contributed by atoms with Crippen LogP contribution < -0.4 is 0 Å². The van der Waals surface area contributed by atoms with E-state index in [0.29, 0.717) is 0 Å². The number of hydrogen-bond donors (Lipinski definition) is 0. The molecule has 0 N–H and O–H groups in total. The molecule has 0 aliphatic rings. The lowest BCUT2D eigenvalue weighted by atomic mass is 9.85. The van der Waals surface area contributed by atoms with Gasteiger partial charge in [0.05, 0.1) is 0 Å². The van der Waals surface area contributed by atoms with Crippen LogP contribution in [0.5, 0.6) is 0 Å². The zero-order valence-corrected chi connectivity index (χ0v) is 32.9. The predicted octanol–water partition coefficient (Wildman–Crippen LogP) is 17.2. The Morgan fingerprint density at radius 1 is 0.207 bits per heavy atom. The highest BCUT2D eigenvalue weighted by atomic mass is 32.1. The molecular formula is C56H32S2. The van der Waals surface area contributed by atoms with Crippen molar-refractivity contribution in [2.45, 2.75) is 0 Å². The predicted molar refractivity (Wildman–Crippen MR) is 256 cm³/mol. The molecular weight excluding hydrogens is 737 g/mol. The Balaban J connectivity index is 0.916. The Labute approximate surface area is 342 Å². The van der Waals surface area contributed by atoms with E-state index in [1.54, 1.807) is 0 Å². The third-order valence-corrected chi connectivity index (χ3v) is 14.6. The van der Waals surface area contributed by atoms with Crippen LogP contribution in [0.4, 0.5) is 0 Å². The average molecular weight is 769 g/mol. The Hall–Kier alpha value is -6.84. The first kappa shape index (κ1) is 32.3. The van der Waals surface area contributed by atoms with Crippen molar-refractivity contribution in [1.29, 1.82) is 0 Å². The van der Waals surface area contributed by atoms with Gasteiger partial charge in [0.25, 0.3) is 0 Å². The molecule has 0 radical (unpaired) electrons. The average Bonchev–Trinajstić information content (AvgIpc) is 3.82. The van der Waals surface area contributed by atoms with Gasteiger partial charge in [-0.25, -0.2) is 0 Å². The summed E-state index contributed by atoms with van der Waals surface area (Å²) in [5, 5.41) is 18.1. The van der Waals surface area contributed by atoms with Crippen LogP contribution in [0.3, 0.4) is 0 Å². The van der Waals surface area contributed by atoms with Gasteiger partial charge in [-0.1, -0.05) is 140 Å². The van der Waals surface area contributed by atoms with Gasteiger partial charge in [-0.05, 0) is 142 Å². The molecule has 13 aromatic rings. The van der Waals surface area contributed by atoms with Crippen LogP contribution in [0.25, 0.3) is 128 Å². The smallest absolute Gasteiger partial charge is 0.0362 e. The quantitative estimate of drug-likeness (QED) is 0.157. The SMILES string of the molecule is c1ccc2cc(-c3c4ccccc4c(-c4ccc5cc(-c6ccc7cc8sc9cc%10c(cc9c8cc7c6)sc6ccccc6%10)ccc5c4)c4ccccc34)ccc2c1. The van der Waals surface area contributed by atoms with Crippen molar-refractivity contribution in [1.82, 2.24) is 0 Å². The number of rotatable bonds is 3. The van der Waals surface area contributed by atoms with Crippen LogP contribution in [0.15, 0.2) is 194 Å². The minimum Gasteiger partial charge on any atom is -0.135 e. The number of fused-ring (bicyclic) bond motifs is 11. The second-order valence-electron chi connectivity index (χ2n) is 15.6. The van der Waals surface area contributed by atoms with Gasteiger partial charge in [-0.3, -0.25) is 0 Å². The summed E-state index contributed by atoms with van der Waals surface area (Å²) in [5.41, 5.74) is 7.55. The summed E-state index contributed by atoms with van der Waals surface area (Å²) < 4.78 is 5.43. The van der Waals surface area contributed by atoms with Crippen molar-refractivity contribution in [3.05, 3.63) is 194 Å². The molecule has 0 spiro atoms. The first-order valence-electron chi connectivity index (χ1n) is 19.9. The lowest BCUT2D eigenvalue weighted by Gasteiger charge is -2.18. The van der Waals surface area contributed by atoms with Crippen molar-refractivity contribution in [2.24, 2.45) is 0 Å². The highest BCUT2D eigenvalue weighted by Gasteiger charge is 2.18. The lowest BCUT2D eigenvalue weighted by molar-refractivity contribution is 1.66. The van der Waals surface area contributed by atoms with E-state index in [-0.39, 0.29) is 0 Å². The van der Waals surface area contributed by atoms with Crippen LogP contribution in [0.1, 0.15) is 0 Å². The van der Waals surface area contributed by atoms with E-state index >= 15 is 0 Å². The Morgan fingerprint density at radius 3 is 1.21 bits per heavy atom. The van der Waals surface area contributed by atoms with E-state index < -0.39 is 0 Å². The molecule has 0 amide bonds. The van der Waals surface area contributed by atoms with Crippen molar-refractivity contribution < 1.29 is 0 Å². The maximum absolute atomic E-state index is 2.42. The summed E-state index contributed by atoms with van der Waals surface area (Å²) in [5.74, 6) is 0. The second kappa shape index (κ2) is 12.3. The summed E-state index contributed by atoms with van der Waals surface area (Å²) in [6.45, 7) is 0. The summed E-state index contributed by atoms with van der Waals surface area (Å²) in [6, 6.07) is 72.8. The van der Waals surface area contributed by atoms with E-state index in [1.165, 1.54) is 128 Å². The van der Waals surface area contributed by atoms with Crippen LogP contribution in [-0.4, -0.2) is 0 Å². The van der Waals surface area contributed by atoms with Crippen LogP contribution >= 0.6 is 22.7 Å². The molecule has 268 valence electrons. The Kier molecular flexibility index (Phi) is 6.86. The minimum atomic E-state index is 1.24. The fraction of sp³-hybridized carbons (Fsp3) is 0. The van der Waals surface area contributed by atoms with Gasteiger partial charge in [0, 0.05) is 40.3 Å². The molecule has 0 saturated heterocycles. The third kappa shape index (κ3) is 4.86. The monoisotopic (exact) mass is 768 g/mol. The fourth-order valence-corrected chi connectivity index (χ4v) is 11.9. The zero-order valence-electron chi connectivity index (χ0n) is 31.3. The Bertz CT molecular complexity index is 3800. The van der Waals surface area contributed by atoms with Crippen LogP contribution in [0, 0.1) is 0 Å². The van der Waals surface area contributed by atoms with E-state index in [1.807, 2.05) is 22.7 Å². The maximum atomic E-state index is 2.42. The van der Waals surface area contributed by atoms with Gasteiger partial charge in [0.2, 0.25) is 0 Å². The van der Waals surface area contributed by atoms with E-state index in [0.717, 1.165) is 0 Å². The second-order valence-corrected chi connectivity index (χ2v) is 17.8. The molecule has 0 bridgehead atoms. The summed E-state index contributed by atoms with van der Waals surface area (Å²) in [4.78, 5) is 0. The molecule has 0 aliphatic carbocycles. The molecule has 2 heterocycles. The maximum Gasteiger partial charge on any atom is 0.0362 e. The van der Waals surface area contributed by atoms with E-state index in [9.17, 15) is 0 Å². The first-order chi connectivity index (χ1) is 28.7.